The van der Waals surface area contributed by atoms with Crippen LogP contribution < -0.4 is 0 Å². The first-order valence-corrected chi connectivity index (χ1v) is 3.04. The first-order valence-electron chi connectivity index (χ1n) is 3.04. The molecule has 1 fully saturated rings. The normalized spacial score (nSPS) is 40.4. The second-order valence-electron chi connectivity index (χ2n) is 2.31. The summed E-state index contributed by atoms with van der Waals surface area (Å²) in [6, 6.07) is 0. The molecule has 1 saturated heterocycles. The molecule has 9 heavy (non-hydrogen) atoms. The van der Waals surface area contributed by atoms with Crippen molar-refractivity contribution in [3.8, 4) is 0 Å². The number of ether oxygens (including phenoxy) is 1. The topological polar surface area (TPSA) is 49.8 Å². The molecule has 0 aromatic rings. The van der Waals surface area contributed by atoms with Crippen molar-refractivity contribution < 1.29 is 14.6 Å². The van der Waals surface area contributed by atoms with Crippen LogP contribution in [0.2, 0.25) is 0 Å². The number of hydrogen-bond acceptors (Lipinski definition) is 2. The molecule has 0 bridgehead atoms. The zero-order chi connectivity index (χ0) is 7.07. The highest BCUT2D eigenvalue weighted by atomic mass is 16.6. The van der Waals surface area contributed by atoms with Crippen LogP contribution in [0, 0.1) is 0 Å². The van der Waals surface area contributed by atoms with Crippen LogP contribution in [0.15, 0.2) is 0 Å². The Labute approximate surface area is 53.6 Å². The number of epoxide rings is 1. The molecule has 3 heteroatoms. The van der Waals surface area contributed by atoms with Crippen molar-refractivity contribution in [2.24, 2.45) is 0 Å². The Morgan fingerprint density at radius 2 is 2.33 bits per heavy atom. The average molecular weight is 130 g/mol. The van der Waals surface area contributed by atoms with Crippen LogP contribution >= 0.6 is 0 Å². The van der Waals surface area contributed by atoms with Gasteiger partial charge in [-0.2, -0.15) is 0 Å². The van der Waals surface area contributed by atoms with Crippen LogP contribution in [0.4, 0.5) is 0 Å². The fourth-order valence-electron chi connectivity index (χ4n) is 1.03. The van der Waals surface area contributed by atoms with Gasteiger partial charge in [-0.1, -0.05) is 6.92 Å². The summed E-state index contributed by atoms with van der Waals surface area (Å²) in [5.41, 5.74) is -0.833. The monoisotopic (exact) mass is 130 g/mol. The Morgan fingerprint density at radius 3 is 2.33 bits per heavy atom. The maximum Gasteiger partial charge on any atom is 0.338 e. The van der Waals surface area contributed by atoms with E-state index in [1.54, 1.807) is 6.92 Å². The lowest BCUT2D eigenvalue weighted by molar-refractivity contribution is -0.143. The van der Waals surface area contributed by atoms with Crippen LogP contribution in [0.25, 0.3) is 0 Å². The molecule has 1 heterocycles. The molecule has 1 N–H and O–H groups in total. The first kappa shape index (κ1) is 6.55. The van der Waals surface area contributed by atoms with Gasteiger partial charge in [0.2, 0.25) is 0 Å². The van der Waals surface area contributed by atoms with Crippen molar-refractivity contribution in [2.75, 3.05) is 0 Å². The number of carboxylic acid groups (broad SMARTS) is 1. The molecule has 0 aromatic carbocycles. The summed E-state index contributed by atoms with van der Waals surface area (Å²) in [5, 5.41) is 8.55. The maximum atomic E-state index is 10.4. The molecule has 0 saturated carbocycles. The zero-order valence-electron chi connectivity index (χ0n) is 5.55. The van der Waals surface area contributed by atoms with E-state index in [0.29, 0.717) is 6.42 Å². The van der Waals surface area contributed by atoms with Gasteiger partial charge in [0.15, 0.2) is 5.60 Å². The molecule has 1 aliphatic heterocycles. The van der Waals surface area contributed by atoms with E-state index in [0.717, 1.165) is 0 Å². The minimum atomic E-state index is -0.836. The smallest absolute Gasteiger partial charge is 0.338 e. The lowest BCUT2D eigenvalue weighted by atomic mass is 10.0. The van der Waals surface area contributed by atoms with Crippen molar-refractivity contribution in [2.45, 2.75) is 32.0 Å². The fraction of sp³-hybridized carbons (Fsp3) is 0.833. The molecule has 0 amide bonds. The Morgan fingerprint density at radius 1 is 1.89 bits per heavy atom. The standard InChI is InChI=1S/C6H10O3/c1-3-6(5(7)8)4(2)9-6/h4H,3H2,1-2H3,(H,7,8). The van der Waals surface area contributed by atoms with E-state index in [9.17, 15) is 4.79 Å². The van der Waals surface area contributed by atoms with E-state index in [1.807, 2.05) is 6.92 Å². The molecule has 1 aliphatic rings. The number of carbonyl (C=O) groups is 1. The number of rotatable bonds is 2. The van der Waals surface area contributed by atoms with Crippen LogP contribution in [-0.2, 0) is 9.53 Å². The Balaban J connectivity index is 2.62. The molecule has 52 valence electrons. The second-order valence-corrected chi connectivity index (χ2v) is 2.31. The van der Waals surface area contributed by atoms with Gasteiger partial charge in [0.25, 0.3) is 0 Å². The summed E-state index contributed by atoms with van der Waals surface area (Å²) in [7, 11) is 0. The quantitative estimate of drug-likeness (QED) is 0.558. The third kappa shape index (κ3) is 0.721. The van der Waals surface area contributed by atoms with E-state index >= 15 is 0 Å². The third-order valence-electron chi connectivity index (χ3n) is 1.87. The zero-order valence-corrected chi connectivity index (χ0v) is 5.55. The molecule has 0 radical (unpaired) electrons. The van der Waals surface area contributed by atoms with Gasteiger partial charge in [0, 0.05) is 0 Å². The molecule has 0 aromatic heterocycles. The SMILES string of the molecule is CCC1(C(=O)O)OC1C. The van der Waals surface area contributed by atoms with Crippen LogP contribution in [0.3, 0.4) is 0 Å². The van der Waals surface area contributed by atoms with Gasteiger partial charge in [-0.25, -0.2) is 4.79 Å². The average Bonchev–Trinajstić information content (AvgIpc) is 2.43. The lowest BCUT2D eigenvalue weighted by Crippen LogP contribution is -2.24. The van der Waals surface area contributed by atoms with Gasteiger partial charge in [0.1, 0.15) is 0 Å². The molecular formula is C6H10O3. The molecule has 0 spiro atoms. The first-order chi connectivity index (χ1) is 4.13. The van der Waals surface area contributed by atoms with Crippen LogP contribution in [-0.4, -0.2) is 22.8 Å². The second kappa shape index (κ2) is 1.70. The van der Waals surface area contributed by atoms with E-state index in [-0.39, 0.29) is 6.10 Å². The summed E-state index contributed by atoms with van der Waals surface area (Å²) in [4.78, 5) is 10.4. The number of hydrogen-bond donors (Lipinski definition) is 1. The van der Waals surface area contributed by atoms with E-state index in [4.69, 9.17) is 9.84 Å². The summed E-state index contributed by atoms with van der Waals surface area (Å²) in [6.07, 6.45) is 0.462. The molecule has 1 rings (SSSR count). The fourth-order valence-corrected chi connectivity index (χ4v) is 1.03. The lowest BCUT2D eigenvalue weighted by Gasteiger charge is -1.99. The molecule has 0 aliphatic carbocycles. The van der Waals surface area contributed by atoms with E-state index in [1.165, 1.54) is 0 Å². The summed E-state index contributed by atoms with van der Waals surface area (Å²) < 4.78 is 4.92. The molecular weight excluding hydrogens is 120 g/mol. The minimum Gasteiger partial charge on any atom is -0.479 e. The van der Waals surface area contributed by atoms with Gasteiger partial charge < -0.3 is 9.84 Å². The highest BCUT2D eigenvalue weighted by Gasteiger charge is 2.58. The number of aliphatic carboxylic acids is 1. The summed E-state index contributed by atoms with van der Waals surface area (Å²) in [5.74, 6) is -0.836. The highest BCUT2D eigenvalue weighted by Crippen LogP contribution is 2.39. The minimum absolute atomic E-state index is 0.0972. The van der Waals surface area contributed by atoms with Crippen molar-refractivity contribution in [3.63, 3.8) is 0 Å². The maximum absolute atomic E-state index is 10.4. The molecule has 2 unspecified atom stereocenters. The Hall–Kier alpha value is -0.570. The van der Waals surface area contributed by atoms with Gasteiger partial charge >= 0.3 is 5.97 Å². The Bertz CT molecular complexity index is 139. The van der Waals surface area contributed by atoms with Crippen molar-refractivity contribution >= 4 is 5.97 Å². The predicted molar refractivity (Wildman–Crippen MR) is 31.2 cm³/mol. The van der Waals surface area contributed by atoms with Crippen LogP contribution in [0.1, 0.15) is 20.3 Å². The van der Waals surface area contributed by atoms with Crippen molar-refractivity contribution in [1.29, 1.82) is 0 Å². The summed E-state index contributed by atoms with van der Waals surface area (Å²) >= 11 is 0. The third-order valence-corrected chi connectivity index (χ3v) is 1.87. The largest absolute Gasteiger partial charge is 0.479 e. The predicted octanol–water partition coefficient (Wildman–Crippen LogP) is 0.638. The number of carboxylic acids is 1. The summed E-state index contributed by atoms with van der Waals surface area (Å²) in [6.45, 7) is 3.59. The van der Waals surface area contributed by atoms with Gasteiger partial charge in [-0.15, -0.1) is 0 Å². The van der Waals surface area contributed by atoms with E-state index in [2.05, 4.69) is 0 Å². The van der Waals surface area contributed by atoms with Gasteiger partial charge in [0.05, 0.1) is 6.10 Å². The van der Waals surface area contributed by atoms with Crippen LogP contribution in [0.5, 0.6) is 0 Å². The molecule has 3 nitrogen and oxygen atoms in total. The highest BCUT2D eigenvalue weighted by molar-refractivity contribution is 5.81. The van der Waals surface area contributed by atoms with Gasteiger partial charge in [-0.05, 0) is 13.3 Å². The van der Waals surface area contributed by atoms with Crippen molar-refractivity contribution in [1.82, 2.24) is 0 Å². The Kier molecular flexibility index (Phi) is 1.24. The van der Waals surface area contributed by atoms with Gasteiger partial charge in [-0.3, -0.25) is 0 Å². The molecule has 2 atom stereocenters. The van der Waals surface area contributed by atoms with Crippen molar-refractivity contribution in [3.05, 3.63) is 0 Å². The van der Waals surface area contributed by atoms with E-state index < -0.39 is 11.6 Å².